The summed E-state index contributed by atoms with van der Waals surface area (Å²) < 4.78 is 0. The minimum Gasteiger partial charge on any atom is -0.125 e. The van der Waals surface area contributed by atoms with Gasteiger partial charge in [-0.05, 0) is 46.7 Å². The molecule has 108 valence electrons. The Hall–Kier alpha value is -1.00. The van der Waals surface area contributed by atoms with Crippen LogP contribution in [0, 0.1) is 11.5 Å². The van der Waals surface area contributed by atoms with Gasteiger partial charge in [-0.1, -0.05) is 59.6 Å². The Bertz CT molecular complexity index is 519. The predicted octanol–water partition coefficient (Wildman–Crippen LogP) is 5.35. The maximum atomic E-state index is 3.84. The van der Waals surface area contributed by atoms with E-state index in [9.17, 15) is 0 Å². The van der Waals surface area contributed by atoms with Crippen molar-refractivity contribution in [1.82, 2.24) is 0 Å². The van der Waals surface area contributed by atoms with Crippen molar-refractivity contribution in [2.75, 3.05) is 0 Å². The Kier molecular flexibility index (Phi) is 4.45. The second-order valence-electron chi connectivity index (χ2n) is 7.09. The predicted molar refractivity (Wildman–Crippen MR) is 91.8 cm³/mol. The molecule has 1 aromatic carbocycles. The highest BCUT2D eigenvalue weighted by atomic mass is 28.3. The van der Waals surface area contributed by atoms with E-state index in [0.717, 1.165) is 0 Å². The van der Waals surface area contributed by atoms with Crippen LogP contribution in [0.25, 0.3) is 0 Å². The molecule has 0 spiro atoms. The van der Waals surface area contributed by atoms with Gasteiger partial charge in [0.15, 0.2) is 0 Å². The summed E-state index contributed by atoms with van der Waals surface area (Å²) in [6.45, 7) is 14.3. The van der Waals surface area contributed by atoms with E-state index in [1.807, 2.05) is 0 Å². The van der Waals surface area contributed by atoms with Gasteiger partial charge in [0.05, 0.1) is 0 Å². The van der Waals surface area contributed by atoms with E-state index < -0.39 is 8.07 Å². The van der Waals surface area contributed by atoms with Gasteiger partial charge in [-0.3, -0.25) is 0 Å². The number of fused-ring (bicyclic) bond motifs is 1. The molecule has 0 atom stereocenters. The highest BCUT2D eigenvalue weighted by Gasteiger charge is 2.41. The van der Waals surface area contributed by atoms with Gasteiger partial charge in [-0.25, -0.2) is 0 Å². The summed E-state index contributed by atoms with van der Waals surface area (Å²) in [6, 6.07) is 6.64. The lowest BCUT2D eigenvalue weighted by Crippen LogP contribution is -2.43. The van der Waals surface area contributed by atoms with Crippen LogP contribution >= 0.6 is 0 Å². The summed E-state index contributed by atoms with van der Waals surface area (Å²) in [5, 5.41) is 0. The van der Waals surface area contributed by atoms with Crippen LogP contribution in [-0.4, -0.2) is 8.07 Å². The van der Waals surface area contributed by atoms with Crippen LogP contribution in [-0.2, 0) is 12.8 Å². The summed E-state index contributed by atoms with van der Waals surface area (Å²) in [5.74, 6) is 3.60. The molecule has 0 amide bonds. The third-order valence-electron chi connectivity index (χ3n) is 5.20. The quantitative estimate of drug-likeness (QED) is 0.518. The summed E-state index contributed by atoms with van der Waals surface area (Å²) in [5.41, 5.74) is 10.3. The Morgan fingerprint density at radius 3 is 1.95 bits per heavy atom. The van der Waals surface area contributed by atoms with Crippen molar-refractivity contribution in [1.29, 1.82) is 0 Å². The lowest BCUT2D eigenvalue weighted by molar-refractivity contribution is 0.834. The molecule has 2 rings (SSSR count). The molecule has 20 heavy (non-hydrogen) atoms. The van der Waals surface area contributed by atoms with Gasteiger partial charge in [0.2, 0.25) is 0 Å². The highest BCUT2D eigenvalue weighted by molar-refractivity contribution is 6.90. The minimum atomic E-state index is -1.59. The molecule has 0 heterocycles. The lowest BCUT2D eigenvalue weighted by atomic mass is 9.85. The molecule has 0 saturated carbocycles. The minimum absolute atomic E-state index is 0.713. The zero-order chi connectivity index (χ0) is 14.9. The standard InChI is InChI=1S/C19H28Si/c1-14(2)20(15(3)4,16(5)6)13-12-18-9-7-8-17-10-11-19(17)18/h7-9,14-16H,10-11H2,1-6H3. The fourth-order valence-corrected chi connectivity index (χ4v) is 9.19. The molecular formula is C19H28Si. The van der Waals surface area contributed by atoms with E-state index >= 15 is 0 Å². The average molecular weight is 285 g/mol. The Balaban J connectivity index is 2.43. The van der Waals surface area contributed by atoms with Crippen LogP contribution in [0.5, 0.6) is 0 Å². The smallest absolute Gasteiger partial charge is 0.125 e. The first-order valence-corrected chi connectivity index (χ1v) is 10.3. The molecule has 0 saturated heterocycles. The molecule has 0 radical (unpaired) electrons. The van der Waals surface area contributed by atoms with Gasteiger partial charge < -0.3 is 0 Å². The maximum Gasteiger partial charge on any atom is 0.146 e. The number of rotatable bonds is 3. The van der Waals surface area contributed by atoms with E-state index in [1.54, 1.807) is 0 Å². The van der Waals surface area contributed by atoms with Crippen LogP contribution in [0.15, 0.2) is 18.2 Å². The fourth-order valence-electron chi connectivity index (χ4n) is 3.97. The number of benzene rings is 1. The van der Waals surface area contributed by atoms with Crippen molar-refractivity contribution in [3.63, 3.8) is 0 Å². The monoisotopic (exact) mass is 284 g/mol. The second kappa shape index (κ2) is 5.78. The molecule has 0 bridgehead atoms. The molecule has 0 fully saturated rings. The zero-order valence-electron chi connectivity index (χ0n) is 13.9. The fraction of sp³-hybridized carbons (Fsp3) is 0.579. The first-order valence-electron chi connectivity index (χ1n) is 8.03. The average Bonchev–Trinajstić information content (AvgIpc) is 2.30. The molecule has 1 aliphatic rings. The van der Waals surface area contributed by atoms with E-state index in [4.69, 9.17) is 0 Å². The van der Waals surface area contributed by atoms with Crippen molar-refractivity contribution in [2.24, 2.45) is 0 Å². The van der Waals surface area contributed by atoms with Crippen LogP contribution in [0.2, 0.25) is 16.6 Å². The number of hydrogen-bond donors (Lipinski definition) is 0. The van der Waals surface area contributed by atoms with Gasteiger partial charge in [-0.15, -0.1) is 5.54 Å². The maximum absolute atomic E-state index is 3.84. The second-order valence-corrected chi connectivity index (χ2v) is 12.7. The van der Waals surface area contributed by atoms with Crippen molar-refractivity contribution in [2.45, 2.75) is 71.0 Å². The van der Waals surface area contributed by atoms with Gasteiger partial charge in [-0.2, -0.15) is 0 Å². The largest absolute Gasteiger partial charge is 0.146 e. The SMILES string of the molecule is CC(C)[Si](C#Cc1cccc2c1CC2)(C(C)C)C(C)C. The Morgan fingerprint density at radius 1 is 0.900 bits per heavy atom. The van der Waals surface area contributed by atoms with E-state index in [2.05, 4.69) is 71.2 Å². The van der Waals surface area contributed by atoms with Gasteiger partial charge in [0.25, 0.3) is 0 Å². The van der Waals surface area contributed by atoms with Crippen LogP contribution in [0.1, 0.15) is 58.2 Å². The van der Waals surface area contributed by atoms with Gasteiger partial charge in [0.1, 0.15) is 8.07 Å². The van der Waals surface area contributed by atoms with Crippen LogP contribution in [0.3, 0.4) is 0 Å². The Labute approximate surface area is 126 Å². The first kappa shape index (κ1) is 15.4. The molecule has 0 unspecified atom stereocenters. The summed E-state index contributed by atoms with van der Waals surface area (Å²) in [7, 11) is -1.59. The van der Waals surface area contributed by atoms with Crippen LogP contribution in [0.4, 0.5) is 0 Å². The summed E-state index contributed by atoms with van der Waals surface area (Å²) >= 11 is 0. The topological polar surface area (TPSA) is 0 Å². The summed E-state index contributed by atoms with van der Waals surface area (Å²) in [4.78, 5) is 0. The van der Waals surface area contributed by atoms with Crippen LogP contribution < -0.4 is 0 Å². The van der Waals surface area contributed by atoms with Crippen molar-refractivity contribution >= 4 is 8.07 Å². The normalized spacial score (nSPS) is 14.1. The molecule has 1 aromatic rings. The van der Waals surface area contributed by atoms with E-state index in [0.29, 0.717) is 16.6 Å². The van der Waals surface area contributed by atoms with Crippen molar-refractivity contribution < 1.29 is 0 Å². The zero-order valence-corrected chi connectivity index (χ0v) is 14.9. The number of hydrogen-bond acceptors (Lipinski definition) is 0. The number of aryl methyl sites for hydroxylation is 1. The molecule has 0 aromatic heterocycles. The molecule has 1 heteroatoms. The van der Waals surface area contributed by atoms with Crippen molar-refractivity contribution in [3.05, 3.63) is 34.9 Å². The van der Waals surface area contributed by atoms with E-state index in [-0.39, 0.29) is 0 Å². The molecule has 1 aliphatic carbocycles. The lowest BCUT2D eigenvalue weighted by Gasteiger charge is -2.38. The molecule has 0 nitrogen and oxygen atoms in total. The van der Waals surface area contributed by atoms with Gasteiger partial charge in [0, 0.05) is 5.56 Å². The third kappa shape index (κ3) is 2.47. The van der Waals surface area contributed by atoms with E-state index in [1.165, 1.54) is 29.5 Å². The molecule has 0 aliphatic heterocycles. The molecule has 0 N–H and O–H groups in total. The Morgan fingerprint density at radius 2 is 1.50 bits per heavy atom. The molecular weight excluding hydrogens is 256 g/mol. The highest BCUT2D eigenvalue weighted by Crippen LogP contribution is 2.41. The van der Waals surface area contributed by atoms with Crippen molar-refractivity contribution in [3.8, 4) is 11.5 Å². The van der Waals surface area contributed by atoms with Gasteiger partial charge >= 0.3 is 0 Å². The first-order chi connectivity index (χ1) is 9.39. The third-order valence-corrected chi connectivity index (χ3v) is 11.5. The summed E-state index contributed by atoms with van der Waals surface area (Å²) in [6.07, 6.45) is 2.46.